The van der Waals surface area contributed by atoms with Gasteiger partial charge < -0.3 is 4.90 Å². The molecule has 3 heterocycles. The lowest BCUT2D eigenvalue weighted by molar-refractivity contribution is -0.136. The third-order valence-electron chi connectivity index (χ3n) is 4.97. The molecule has 0 spiro atoms. The fourth-order valence-electron chi connectivity index (χ4n) is 3.66. The number of aryl methyl sites for hydroxylation is 2. The lowest BCUT2D eigenvalue weighted by Gasteiger charge is -2.34. The molecule has 1 aliphatic carbocycles. The molecule has 1 amide bonds. The van der Waals surface area contributed by atoms with Gasteiger partial charge in [-0.1, -0.05) is 0 Å². The zero-order valence-electron chi connectivity index (χ0n) is 13.6. The summed E-state index contributed by atoms with van der Waals surface area (Å²) >= 11 is 1.69. The fourth-order valence-corrected chi connectivity index (χ4v) is 4.60. The Kier molecular flexibility index (Phi) is 3.71. The molecule has 4 rings (SSSR count). The molecule has 2 aromatic heterocycles. The van der Waals surface area contributed by atoms with Crippen LogP contribution in [0.5, 0.6) is 0 Å². The first kappa shape index (κ1) is 14.9. The van der Waals surface area contributed by atoms with E-state index in [1.807, 2.05) is 31.0 Å². The lowest BCUT2D eigenvalue weighted by Crippen LogP contribution is -2.39. The van der Waals surface area contributed by atoms with Crippen molar-refractivity contribution in [2.45, 2.75) is 44.6 Å². The Bertz CT molecular complexity index is 722. The molecular formula is C17H22N4OS. The number of hydrogen-bond donors (Lipinski definition) is 0. The number of nitrogens with zero attached hydrogens (tertiary/aromatic N) is 4. The number of carbonyl (C=O) groups excluding carboxylic acids is 1. The van der Waals surface area contributed by atoms with Crippen molar-refractivity contribution in [1.29, 1.82) is 0 Å². The molecule has 2 fully saturated rings. The zero-order valence-corrected chi connectivity index (χ0v) is 14.4. The van der Waals surface area contributed by atoms with Gasteiger partial charge in [0.1, 0.15) is 5.01 Å². The SMILES string of the molecule is Cc1csc([C@@H]2CCCCN2C(=O)[C@@H]2C[C@H]2c2cnn(C)c2)n1. The predicted molar refractivity (Wildman–Crippen MR) is 89.2 cm³/mol. The Morgan fingerprint density at radius 3 is 2.96 bits per heavy atom. The highest BCUT2D eigenvalue weighted by Crippen LogP contribution is 2.49. The number of rotatable bonds is 3. The molecule has 2 aromatic rings. The van der Waals surface area contributed by atoms with Crippen molar-refractivity contribution in [2.24, 2.45) is 13.0 Å². The molecule has 3 atom stereocenters. The highest BCUT2D eigenvalue weighted by atomic mass is 32.1. The van der Waals surface area contributed by atoms with Crippen molar-refractivity contribution in [1.82, 2.24) is 19.7 Å². The second-order valence-corrected chi connectivity index (χ2v) is 7.66. The van der Waals surface area contributed by atoms with Crippen LogP contribution in [0.1, 0.15) is 53.9 Å². The minimum Gasteiger partial charge on any atom is -0.333 e. The van der Waals surface area contributed by atoms with Gasteiger partial charge in [0, 0.05) is 36.8 Å². The molecule has 0 N–H and O–H groups in total. The highest BCUT2D eigenvalue weighted by molar-refractivity contribution is 7.09. The van der Waals surface area contributed by atoms with Gasteiger partial charge in [0.25, 0.3) is 0 Å². The zero-order chi connectivity index (χ0) is 16.0. The summed E-state index contributed by atoms with van der Waals surface area (Å²) in [6.45, 7) is 2.90. The largest absolute Gasteiger partial charge is 0.333 e. The van der Waals surface area contributed by atoms with Crippen molar-refractivity contribution in [3.63, 3.8) is 0 Å². The van der Waals surface area contributed by atoms with Crippen LogP contribution in [0.3, 0.4) is 0 Å². The normalized spacial score (nSPS) is 27.2. The summed E-state index contributed by atoms with van der Waals surface area (Å²) in [5.41, 5.74) is 2.26. The van der Waals surface area contributed by atoms with Crippen LogP contribution >= 0.6 is 11.3 Å². The van der Waals surface area contributed by atoms with Crippen molar-refractivity contribution in [3.8, 4) is 0 Å². The van der Waals surface area contributed by atoms with Crippen LogP contribution < -0.4 is 0 Å². The molecule has 1 saturated carbocycles. The molecule has 0 radical (unpaired) electrons. The van der Waals surface area contributed by atoms with Crippen LogP contribution in [-0.4, -0.2) is 32.1 Å². The number of thiazole rings is 1. The molecule has 0 unspecified atom stereocenters. The van der Waals surface area contributed by atoms with Crippen LogP contribution in [0, 0.1) is 12.8 Å². The first-order chi connectivity index (χ1) is 11.1. The molecule has 1 aliphatic heterocycles. The van der Waals surface area contributed by atoms with E-state index in [2.05, 4.69) is 20.4 Å². The molecule has 1 saturated heterocycles. The average molecular weight is 330 g/mol. The van der Waals surface area contributed by atoms with Gasteiger partial charge in [-0.15, -0.1) is 11.3 Å². The summed E-state index contributed by atoms with van der Waals surface area (Å²) in [6, 6.07) is 0.185. The molecule has 5 nitrogen and oxygen atoms in total. The first-order valence-electron chi connectivity index (χ1n) is 8.34. The van der Waals surface area contributed by atoms with Gasteiger partial charge in [-0.05, 0) is 44.1 Å². The smallest absolute Gasteiger partial charge is 0.226 e. The quantitative estimate of drug-likeness (QED) is 0.869. The Morgan fingerprint density at radius 1 is 1.39 bits per heavy atom. The molecule has 0 aromatic carbocycles. The van der Waals surface area contributed by atoms with E-state index >= 15 is 0 Å². The monoisotopic (exact) mass is 330 g/mol. The maximum absolute atomic E-state index is 13.0. The maximum Gasteiger partial charge on any atom is 0.226 e. The third-order valence-corrected chi connectivity index (χ3v) is 6.03. The molecule has 0 bridgehead atoms. The minimum atomic E-state index is 0.140. The summed E-state index contributed by atoms with van der Waals surface area (Å²) < 4.78 is 1.82. The standard InChI is InChI=1S/C17H22N4OS/c1-11-10-23-16(19-11)15-5-3-4-6-21(15)17(22)14-7-13(14)12-8-18-20(2)9-12/h8-10,13-15H,3-7H2,1-2H3/t13-,14+,15-/m0/s1. The topological polar surface area (TPSA) is 51.0 Å². The summed E-state index contributed by atoms with van der Waals surface area (Å²) in [7, 11) is 1.92. The summed E-state index contributed by atoms with van der Waals surface area (Å²) in [5.74, 6) is 0.814. The molecule has 23 heavy (non-hydrogen) atoms. The highest BCUT2D eigenvalue weighted by Gasteiger charge is 2.48. The van der Waals surface area contributed by atoms with Crippen molar-refractivity contribution in [3.05, 3.63) is 34.0 Å². The van der Waals surface area contributed by atoms with Crippen LogP contribution in [-0.2, 0) is 11.8 Å². The number of piperidine rings is 1. The second kappa shape index (κ2) is 5.74. The van der Waals surface area contributed by atoms with Gasteiger partial charge in [-0.2, -0.15) is 5.10 Å². The van der Waals surface area contributed by atoms with Crippen molar-refractivity contribution < 1.29 is 4.79 Å². The average Bonchev–Trinajstić information content (AvgIpc) is 3.05. The third kappa shape index (κ3) is 2.80. The van der Waals surface area contributed by atoms with Gasteiger partial charge in [-0.3, -0.25) is 9.48 Å². The van der Waals surface area contributed by atoms with E-state index in [0.29, 0.717) is 11.8 Å². The number of amides is 1. The van der Waals surface area contributed by atoms with Gasteiger partial charge in [0.15, 0.2) is 0 Å². The Balaban J connectivity index is 1.50. The summed E-state index contributed by atoms with van der Waals surface area (Å²) in [6.07, 6.45) is 8.24. The molecular weight excluding hydrogens is 308 g/mol. The van der Waals surface area contributed by atoms with E-state index in [9.17, 15) is 4.79 Å². The molecule has 122 valence electrons. The van der Waals surface area contributed by atoms with Crippen molar-refractivity contribution in [2.75, 3.05) is 6.54 Å². The summed E-state index contributed by atoms with van der Waals surface area (Å²) in [5, 5.41) is 7.42. The number of likely N-dealkylation sites (tertiary alicyclic amines) is 1. The Morgan fingerprint density at radius 2 is 2.26 bits per heavy atom. The molecule has 6 heteroatoms. The van der Waals surface area contributed by atoms with E-state index in [1.54, 1.807) is 11.3 Å². The maximum atomic E-state index is 13.0. The predicted octanol–water partition coefficient (Wildman–Crippen LogP) is 3.04. The fraction of sp³-hybridized carbons (Fsp3) is 0.588. The van der Waals surface area contributed by atoms with Gasteiger partial charge in [-0.25, -0.2) is 4.98 Å². The van der Waals surface area contributed by atoms with Crippen LogP contribution in [0.2, 0.25) is 0 Å². The van der Waals surface area contributed by atoms with Crippen molar-refractivity contribution >= 4 is 17.2 Å². The Hall–Kier alpha value is -1.69. The van der Waals surface area contributed by atoms with Gasteiger partial charge in [0.05, 0.1) is 12.2 Å². The van der Waals surface area contributed by atoms with E-state index < -0.39 is 0 Å². The number of hydrogen-bond acceptors (Lipinski definition) is 4. The van der Waals surface area contributed by atoms with E-state index in [4.69, 9.17) is 0 Å². The van der Waals surface area contributed by atoms with E-state index in [-0.39, 0.29) is 12.0 Å². The minimum absolute atomic E-state index is 0.140. The second-order valence-electron chi connectivity index (χ2n) is 6.77. The van der Waals surface area contributed by atoms with Crippen LogP contribution in [0.4, 0.5) is 0 Å². The van der Waals surface area contributed by atoms with E-state index in [0.717, 1.165) is 36.5 Å². The first-order valence-corrected chi connectivity index (χ1v) is 9.22. The van der Waals surface area contributed by atoms with Crippen LogP contribution in [0.15, 0.2) is 17.8 Å². The number of aromatic nitrogens is 3. The summed E-state index contributed by atoms with van der Waals surface area (Å²) in [4.78, 5) is 19.8. The van der Waals surface area contributed by atoms with Gasteiger partial charge in [0.2, 0.25) is 5.91 Å². The van der Waals surface area contributed by atoms with E-state index in [1.165, 1.54) is 12.0 Å². The Labute approximate surface area is 140 Å². The number of carbonyl (C=O) groups is 1. The van der Waals surface area contributed by atoms with Crippen LogP contribution in [0.25, 0.3) is 0 Å². The van der Waals surface area contributed by atoms with Gasteiger partial charge >= 0.3 is 0 Å². The lowest BCUT2D eigenvalue weighted by atomic mass is 10.0. The molecule has 2 aliphatic rings.